The standard InChI is InChI=1S/C21H12N4O2/c26-20-15-7-3-5-13-6-4-8-16(19(13)15)21(27)25(20)23-12-14-11-22-17-9-1-2-10-18(17)24-14/h1-12H/b23-12-. The molecule has 1 aliphatic rings. The van der Waals surface area contributed by atoms with E-state index >= 15 is 0 Å². The van der Waals surface area contributed by atoms with Crippen molar-refractivity contribution in [1.29, 1.82) is 0 Å². The molecular weight excluding hydrogens is 340 g/mol. The summed E-state index contributed by atoms with van der Waals surface area (Å²) in [5, 5.41) is 6.53. The molecule has 0 spiro atoms. The van der Waals surface area contributed by atoms with Crippen molar-refractivity contribution in [3.05, 3.63) is 83.7 Å². The topological polar surface area (TPSA) is 75.5 Å². The molecular formula is C21H12N4O2. The average molecular weight is 352 g/mol. The number of aromatic nitrogens is 2. The summed E-state index contributed by atoms with van der Waals surface area (Å²) in [7, 11) is 0. The van der Waals surface area contributed by atoms with Crippen LogP contribution in [0, 0.1) is 0 Å². The Morgan fingerprint density at radius 3 is 2.19 bits per heavy atom. The van der Waals surface area contributed by atoms with Crippen molar-refractivity contribution >= 4 is 39.8 Å². The van der Waals surface area contributed by atoms with Gasteiger partial charge in [-0.3, -0.25) is 14.6 Å². The zero-order chi connectivity index (χ0) is 18.4. The molecule has 1 aromatic heterocycles. The summed E-state index contributed by atoms with van der Waals surface area (Å²) >= 11 is 0. The summed E-state index contributed by atoms with van der Waals surface area (Å²) < 4.78 is 0. The Labute approximate surface area is 153 Å². The fourth-order valence-electron chi connectivity index (χ4n) is 3.27. The molecule has 2 amide bonds. The third kappa shape index (κ3) is 2.38. The highest BCUT2D eigenvalue weighted by Gasteiger charge is 2.32. The molecule has 0 unspecified atom stereocenters. The normalized spacial score (nSPS) is 13.9. The van der Waals surface area contributed by atoms with Crippen molar-refractivity contribution in [3.63, 3.8) is 0 Å². The molecule has 0 N–H and O–H groups in total. The van der Waals surface area contributed by atoms with E-state index in [9.17, 15) is 9.59 Å². The average Bonchev–Trinajstić information content (AvgIpc) is 2.71. The van der Waals surface area contributed by atoms with Gasteiger partial charge >= 0.3 is 0 Å². The Balaban J connectivity index is 1.56. The fraction of sp³-hybridized carbons (Fsp3) is 0. The van der Waals surface area contributed by atoms with E-state index in [4.69, 9.17) is 0 Å². The summed E-state index contributed by atoms with van der Waals surface area (Å²) in [4.78, 5) is 34.3. The zero-order valence-corrected chi connectivity index (χ0v) is 14.0. The lowest BCUT2D eigenvalue weighted by atomic mass is 9.95. The number of para-hydroxylation sites is 2. The molecule has 5 rings (SSSR count). The van der Waals surface area contributed by atoms with Gasteiger partial charge in [-0.05, 0) is 29.7 Å². The number of fused-ring (bicyclic) bond motifs is 1. The van der Waals surface area contributed by atoms with E-state index in [-0.39, 0.29) is 0 Å². The lowest BCUT2D eigenvalue weighted by Crippen LogP contribution is -2.36. The highest BCUT2D eigenvalue weighted by molar-refractivity contribution is 6.25. The van der Waals surface area contributed by atoms with Crippen molar-refractivity contribution < 1.29 is 9.59 Å². The van der Waals surface area contributed by atoms with Crippen molar-refractivity contribution in [3.8, 4) is 0 Å². The van der Waals surface area contributed by atoms with Gasteiger partial charge in [-0.15, -0.1) is 0 Å². The molecule has 0 saturated heterocycles. The quantitative estimate of drug-likeness (QED) is 0.409. The van der Waals surface area contributed by atoms with Crippen LogP contribution in [0.3, 0.4) is 0 Å². The minimum Gasteiger partial charge on any atom is -0.267 e. The van der Waals surface area contributed by atoms with Crippen molar-refractivity contribution in [1.82, 2.24) is 15.0 Å². The maximum Gasteiger partial charge on any atom is 0.282 e. The molecule has 0 fully saturated rings. The van der Waals surface area contributed by atoms with Gasteiger partial charge in [0.15, 0.2) is 0 Å². The van der Waals surface area contributed by atoms with E-state index < -0.39 is 11.8 Å². The molecule has 4 aromatic rings. The van der Waals surface area contributed by atoms with Crippen LogP contribution in [0.1, 0.15) is 26.4 Å². The van der Waals surface area contributed by atoms with Gasteiger partial charge in [0.05, 0.1) is 34.6 Å². The van der Waals surface area contributed by atoms with Crippen LogP contribution in [0.25, 0.3) is 21.8 Å². The summed E-state index contributed by atoms with van der Waals surface area (Å²) in [6.45, 7) is 0. The van der Waals surface area contributed by atoms with Crippen LogP contribution in [-0.2, 0) is 0 Å². The van der Waals surface area contributed by atoms with Crippen LogP contribution < -0.4 is 0 Å². The number of hydrogen-bond acceptors (Lipinski definition) is 5. The highest BCUT2D eigenvalue weighted by Crippen LogP contribution is 2.29. The van der Waals surface area contributed by atoms with Crippen LogP contribution in [0.5, 0.6) is 0 Å². The van der Waals surface area contributed by atoms with Gasteiger partial charge in [-0.1, -0.05) is 36.4 Å². The smallest absolute Gasteiger partial charge is 0.267 e. The van der Waals surface area contributed by atoms with Gasteiger partial charge in [0, 0.05) is 5.39 Å². The first-order chi connectivity index (χ1) is 13.2. The molecule has 6 heteroatoms. The van der Waals surface area contributed by atoms with Crippen LogP contribution in [0.4, 0.5) is 0 Å². The van der Waals surface area contributed by atoms with Gasteiger partial charge in [0.1, 0.15) is 5.69 Å². The van der Waals surface area contributed by atoms with Crippen molar-refractivity contribution in [2.45, 2.75) is 0 Å². The van der Waals surface area contributed by atoms with Gasteiger partial charge < -0.3 is 0 Å². The van der Waals surface area contributed by atoms with E-state index in [1.165, 1.54) is 6.21 Å². The second-order valence-corrected chi connectivity index (χ2v) is 6.16. The molecule has 0 saturated carbocycles. The first kappa shape index (κ1) is 15.3. The number of hydrogen-bond donors (Lipinski definition) is 0. The second kappa shape index (κ2) is 5.81. The van der Waals surface area contributed by atoms with E-state index in [1.54, 1.807) is 30.5 Å². The molecule has 27 heavy (non-hydrogen) atoms. The van der Waals surface area contributed by atoms with Gasteiger partial charge in [-0.2, -0.15) is 10.1 Å². The largest absolute Gasteiger partial charge is 0.282 e. The van der Waals surface area contributed by atoms with Crippen molar-refractivity contribution in [2.75, 3.05) is 0 Å². The summed E-state index contributed by atoms with van der Waals surface area (Å²) in [5.74, 6) is -0.899. The SMILES string of the molecule is O=C1c2cccc3cccc(c23)C(=O)N1/N=C\c1cnc2ccccc2n1. The third-order valence-electron chi connectivity index (χ3n) is 4.52. The van der Waals surface area contributed by atoms with Crippen LogP contribution in [0.2, 0.25) is 0 Å². The molecule has 2 heterocycles. The Hall–Kier alpha value is -3.93. The molecule has 0 bridgehead atoms. The number of amides is 2. The minimum atomic E-state index is -0.450. The highest BCUT2D eigenvalue weighted by atomic mass is 16.2. The fourth-order valence-corrected chi connectivity index (χ4v) is 3.27. The molecule has 1 aliphatic heterocycles. The zero-order valence-electron chi connectivity index (χ0n) is 14.0. The van der Waals surface area contributed by atoms with E-state index in [0.717, 1.165) is 15.9 Å². The third-order valence-corrected chi connectivity index (χ3v) is 4.52. The van der Waals surface area contributed by atoms with Crippen LogP contribution >= 0.6 is 0 Å². The Morgan fingerprint density at radius 1 is 0.815 bits per heavy atom. The van der Waals surface area contributed by atoms with Crippen LogP contribution in [-0.4, -0.2) is 33.0 Å². The monoisotopic (exact) mass is 352 g/mol. The number of carbonyl (C=O) groups is 2. The van der Waals surface area contributed by atoms with Crippen molar-refractivity contribution in [2.24, 2.45) is 5.10 Å². The first-order valence-corrected chi connectivity index (χ1v) is 8.39. The molecule has 128 valence electrons. The summed E-state index contributed by atoms with van der Waals surface area (Å²) in [6, 6.07) is 18.2. The summed E-state index contributed by atoms with van der Waals surface area (Å²) in [6.07, 6.45) is 2.93. The maximum atomic E-state index is 12.8. The van der Waals surface area contributed by atoms with E-state index in [1.807, 2.05) is 36.4 Å². The van der Waals surface area contributed by atoms with Crippen LogP contribution in [0.15, 0.2) is 72.0 Å². The number of benzene rings is 3. The molecule has 3 aromatic carbocycles. The van der Waals surface area contributed by atoms with E-state index in [0.29, 0.717) is 27.7 Å². The van der Waals surface area contributed by atoms with Gasteiger partial charge in [0.2, 0.25) is 0 Å². The number of rotatable bonds is 2. The van der Waals surface area contributed by atoms with Gasteiger partial charge in [-0.25, -0.2) is 4.98 Å². The lowest BCUT2D eigenvalue weighted by Gasteiger charge is -2.22. The Kier molecular flexibility index (Phi) is 3.30. The predicted octanol–water partition coefficient (Wildman–Crippen LogP) is 3.41. The second-order valence-electron chi connectivity index (χ2n) is 6.16. The number of hydrazone groups is 1. The molecule has 0 radical (unpaired) electrons. The van der Waals surface area contributed by atoms with Gasteiger partial charge in [0.25, 0.3) is 11.8 Å². The molecule has 0 atom stereocenters. The van der Waals surface area contributed by atoms with E-state index in [2.05, 4.69) is 15.1 Å². The Morgan fingerprint density at radius 2 is 1.48 bits per heavy atom. The lowest BCUT2D eigenvalue weighted by molar-refractivity contribution is 0.0616. The number of nitrogens with zero attached hydrogens (tertiary/aromatic N) is 4. The number of carbonyl (C=O) groups excluding carboxylic acids is 2. The Bertz CT molecular complexity index is 1230. The molecule has 0 aliphatic carbocycles. The molecule has 6 nitrogen and oxygen atoms in total. The first-order valence-electron chi connectivity index (χ1n) is 8.39. The summed E-state index contributed by atoms with van der Waals surface area (Å²) in [5.41, 5.74) is 2.87. The maximum absolute atomic E-state index is 12.8. The minimum absolute atomic E-state index is 0.450. The number of imide groups is 1. The predicted molar refractivity (Wildman–Crippen MR) is 102 cm³/mol.